The smallest absolute Gasteiger partial charge is 0.241 e. The Labute approximate surface area is 152 Å². The minimum atomic E-state index is 0.0960. The van der Waals surface area contributed by atoms with Gasteiger partial charge in [0, 0.05) is 30.2 Å². The molecule has 8 heteroatoms. The molecule has 1 atom stereocenters. The topological polar surface area (TPSA) is 94.3 Å². The molecular weight excluding hydrogens is 340 g/mol. The molecule has 1 aromatic heterocycles. The Balaban J connectivity index is 1.56. The van der Waals surface area contributed by atoms with Crippen LogP contribution in [-0.4, -0.2) is 64.0 Å². The normalized spacial score (nSPS) is 17.2. The number of H-pyrrole nitrogens is 1. The molecule has 7 nitrogen and oxygen atoms in total. The highest BCUT2D eigenvalue weighted by atomic mass is 35.5. The highest BCUT2D eigenvalue weighted by Crippen LogP contribution is 2.22. The molecule has 0 bridgehead atoms. The van der Waals surface area contributed by atoms with Gasteiger partial charge in [-0.25, -0.2) is 5.10 Å². The van der Waals surface area contributed by atoms with Gasteiger partial charge in [0.15, 0.2) is 0 Å². The molecule has 0 amide bonds. The number of nitrogens with two attached hydrogens (primary N) is 1. The number of nitrogen functional groups attached to an aromatic ring is 1. The second-order valence-electron chi connectivity index (χ2n) is 6.57. The molecule has 0 spiro atoms. The van der Waals surface area contributed by atoms with E-state index >= 15 is 0 Å². The van der Waals surface area contributed by atoms with Gasteiger partial charge >= 0.3 is 0 Å². The lowest BCUT2D eigenvalue weighted by molar-refractivity contribution is 0.0957. The predicted molar refractivity (Wildman–Crippen MR) is 99.8 cm³/mol. The predicted octanol–water partition coefficient (Wildman–Crippen LogP) is 1.54. The minimum Gasteiger partial charge on any atom is -0.395 e. The SMILES string of the molecule is CN(C1CCN(c2nc(N)n[nH]2)CC1)C(CO)Cc1ccc(Cl)cc1. The molecule has 0 saturated carbocycles. The molecule has 4 N–H and O–H groups in total. The van der Waals surface area contributed by atoms with Gasteiger partial charge in [-0.15, -0.1) is 5.10 Å². The van der Waals surface area contributed by atoms with Gasteiger partial charge in [0.2, 0.25) is 11.9 Å². The summed E-state index contributed by atoms with van der Waals surface area (Å²) in [5.74, 6) is 1.01. The number of halogens is 1. The number of likely N-dealkylation sites (N-methyl/N-ethyl adjacent to an activating group) is 1. The molecule has 2 aromatic rings. The van der Waals surface area contributed by atoms with Gasteiger partial charge in [-0.1, -0.05) is 23.7 Å². The van der Waals surface area contributed by atoms with E-state index in [-0.39, 0.29) is 18.6 Å². The number of aromatic amines is 1. The van der Waals surface area contributed by atoms with E-state index in [0.29, 0.717) is 6.04 Å². The molecule has 1 unspecified atom stereocenters. The van der Waals surface area contributed by atoms with Crippen LogP contribution in [0.4, 0.5) is 11.9 Å². The number of rotatable bonds is 6. The quantitative estimate of drug-likeness (QED) is 0.719. The summed E-state index contributed by atoms with van der Waals surface area (Å²) in [5.41, 5.74) is 6.76. The Kier molecular flexibility index (Phi) is 5.78. The first kappa shape index (κ1) is 18.0. The van der Waals surface area contributed by atoms with Crippen molar-refractivity contribution in [2.45, 2.75) is 31.3 Å². The zero-order valence-corrected chi connectivity index (χ0v) is 15.2. The summed E-state index contributed by atoms with van der Waals surface area (Å²) in [5, 5.41) is 17.3. The summed E-state index contributed by atoms with van der Waals surface area (Å²) in [4.78, 5) is 8.66. The van der Waals surface area contributed by atoms with E-state index in [1.54, 1.807) is 0 Å². The zero-order chi connectivity index (χ0) is 17.8. The Bertz CT molecular complexity index is 668. The summed E-state index contributed by atoms with van der Waals surface area (Å²) >= 11 is 5.95. The van der Waals surface area contributed by atoms with Crippen LogP contribution in [0.15, 0.2) is 24.3 Å². The first-order valence-electron chi connectivity index (χ1n) is 8.57. The number of aliphatic hydroxyl groups excluding tert-OH is 1. The number of anilines is 2. The average molecular weight is 365 g/mol. The van der Waals surface area contributed by atoms with Crippen LogP contribution in [0, 0.1) is 0 Å². The van der Waals surface area contributed by atoms with E-state index in [2.05, 4.69) is 32.0 Å². The number of nitrogens with zero attached hydrogens (tertiary/aromatic N) is 4. The number of aromatic nitrogens is 3. The third-order valence-corrected chi connectivity index (χ3v) is 5.25. The van der Waals surface area contributed by atoms with E-state index in [9.17, 15) is 5.11 Å². The monoisotopic (exact) mass is 364 g/mol. The molecule has 1 aliphatic heterocycles. The van der Waals surface area contributed by atoms with Crippen LogP contribution < -0.4 is 10.6 Å². The number of hydrogen-bond donors (Lipinski definition) is 3. The molecule has 25 heavy (non-hydrogen) atoms. The largest absolute Gasteiger partial charge is 0.395 e. The fraction of sp³-hybridized carbons (Fsp3) is 0.529. The Morgan fingerprint density at radius 3 is 2.60 bits per heavy atom. The maximum absolute atomic E-state index is 9.86. The Morgan fingerprint density at radius 1 is 1.36 bits per heavy atom. The fourth-order valence-electron chi connectivity index (χ4n) is 3.42. The van der Waals surface area contributed by atoms with Gasteiger partial charge in [-0.2, -0.15) is 4.98 Å². The Hall–Kier alpha value is -1.83. The summed E-state index contributed by atoms with van der Waals surface area (Å²) < 4.78 is 0. The summed E-state index contributed by atoms with van der Waals surface area (Å²) in [6.07, 6.45) is 2.82. The molecule has 2 heterocycles. The van der Waals surface area contributed by atoms with Gasteiger partial charge in [-0.3, -0.25) is 4.90 Å². The van der Waals surface area contributed by atoms with Crippen LogP contribution in [0.1, 0.15) is 18.4 Å². The first-order valence-corrected chi connectivity index (χ1v) is 8.94. The number of nitrogens with one attached hydrogen (secondary N) is 1. The molecule has 1 fully saturated rings. The van der Waals surface area contributed by atoms with Crippen molar-refractivity contribution in [1.82, 2.24) is 20.1 Å². The number of piperidine rings is 1. The fourth-order valence-corrected chi connectivity index (χ4v) is 3.55. The van der Waals surface area contributed by atoms with Gasteiger partial charge in [0.25, 0.3) is 0 Å². The number of benzene rings is 1. The van der Waals surface area contributed by atoms with E-state index in [0.717, 1.165) is 43.3 Å². The standard InChI is InChI=1S/C17H25ClN6O/c1-23(15(11-25)10-12-2-4-13(18)5-3-12)14-6-8-24(9-7-14)17-20-16(19)21-22-17/h2-5,14-15,25H,6-11H2,1H3,(H3,19,20,21,22). The van der Waals surface area contributed by atoms with Crippen molar-refractivity contribution >= 4 is 23.5 Å². The van der Waals surface area contributed by atoms with Crippen LogP contribution in [0.2, 0.25) is 5.02 Å². The lowest BCUT2D eigenvalue weighted by Crippen LogP contribution is -2.49. The average Bonchev–Trinajstić information content (AvgIpc) is 3.07. The highest BCUT2D eigenvalue weighted by molar-refractivity contribution is 6.30. The minimum absolute atomic E-state index is 0.0960. The zero-order valence-electron chi connectivity index (χ0n) is 14.4. The lowest BCUT2D eigenvalue weighted by atomic mass is 9.99. The van der Waals surface area contributed by atoms with Gasteiger partial charge in [0.1, 0.15) is 0 Å². The van der Waals surface area contributed by atoms with Crippen LogP contribution in [0.5, 0.6) is 0 Å². The molecule has 1 aliphatic rings. The third-order valence-electron chi connectivity index (χ3n) is 5.00. The highest BCUT2D eigenvalue weighted by Gasteiger charge is 2.28. The first-order chi connectivity index (χ1) is 12.1. The molecule has 0 radical (unpaired) electrons. The molecule has 0 aliphatic carbocycles. The molecule has 1 saturated heterocycles. The van der Waals surface area contributed by atoms with E-state index < -0.39 is 0 Å². The maximum Gasteiger partial charge on any atom is 0.241 e. The van der Waals surface area contributed by atoms with E-state index in [1.165, 1.54) is 5.56 Å². The second kappa shape index (κ2) is 8.03. The summed E-state index contributed by atoms with van der Waals surface area (Å²) in [6.45, 7) is 1.92. The van der Waals surface area contributed by atoms with Crippen LogP contribution in [-0.2, 0) is 6.42 Å². The van der Waals surface area contributed by atoms with Gasteiger partial charge in [0.05, 0.1) is 6.61 Å². The lowest BCUT2D eigenvalue weighted by Gasteiger charge is -2.39. The number of aliphatic hydroxyl groups is 1. The van der Waals surface area contributed by atoms with Crippen molar-refractivity contribution in [3.05, 3.63) is 34.9 Å². The Morgan fingerprint density at radius 2 is 2.04 bits per heavy atom. The van der Waals surface area contributed by atoms with Crippen LogP contribution in [0.3, 0.4) is 0 Å². The second-order valence-corrected chi connectivity index (χ2v) is 7.00. The van der Waals surface area contributed by atoms with Gasteiger partial charge < -0.3 is 15.7 Å². The maximum atomic E-state index is 9.86. The molecule has 1 aromatic carbocycles. The van der Waals surface area contributed by atoms with Crippen LogP contribution in [0.25, 0.3) is 0 Å². The molecule has 3 rings (SSSR count). The van der Waals surface area contributed by atoms with Crippen molar-refractivity contribution in [1.29, 1.82) is 0 Å². The van der Waals surface area contributed by atoms with E-state index in [1.807, 2.05) is 24.3 Å². The van der Waals surface area contributed by atoms with E-state index in [4.69, 9.17) is 17.3 Å². The van der Waals surface area contributed by atoms with Crippen molar-refractivity contribution < 1.29 is 5.11 Å². The third kappa shape index (κ3) is 4.42. The summed E-state index contributed by atoms with van der Waals surface area (Å²) in [7, 11) is 2.10. The van der Waals surface area contributed by atoms with Crippen LogP contribution >= 0.6 is 11.6 Å². The summed E-state index contributed by atoms with van der Waals surface area (Å²) in [6, 6.07) is 8.37. The van der Waals surface area contributed by atoms with Crippen molar-refractivity contribution in [3.63, 3.8) is 0 Å². The van der Waals surface area contributed by atoms with Crippen molar-refractivity contribution in [3.8, 4) is 0 Å². The number of hydrogen-bond acceptors (Lipinski definition) is 6. The van der Waals surface area contributed by atoms with Crippen molar-refractivity contribution in [2.24, 2.45) is 0 Å². The molecular formula is C17H25ClN6O. The van der Waals surface area contributed by atoms with Crippen molar-refractivity contribution in [2.75, 3.05) is 37.4 Å². The molecule has 136 valence electrons. The van der Waals surface area contributed by atoms with Gasteiger partial charge in [-0.05, 0) is 44.0 Å².